The van der Waals surface area contributed by atoms with Gasteiger partial charge in [-0.25, -0.2) is 13.2 Å². The average Bonchev–Trinajstić information content (AvgIpc) is 2.69. The van der Waals surface area contributed by atoms with Gasteiger partial charge in [-0.2, -0.15) is 4.31 Å². The van der Waals surface area contributed by atoms with Gasteiger partial charge in [0.1, 0.15) is 0 Å². The summed E-state index contributed by atoms with van der Waals surface area (Å²) in [7, 11) is -1.53. The Morgan fingerprint density at radius 2 is 1.57 bits per heavy atom. The van der Waals surface area contributed by atoms with Gasteiger partial charge < -0.3 is 15.5 Å². The fourth-order valence-electron chi connectivity index (χ4n) is 3.08. The molecule has 8 heteroatoms. The van der Waals surface area contributed by atoms with Crippen molar-refractivity contribution in [2.24, 2.45) is 0 Å². The minimum absolute atomic E-state index is 0.141. The number of carbonyl (C=O) groups excluding carboxylic acids is 1. The van der Waals surface area contributed by atoms with Gasteiger partial charge in [-0.05, 0) is 43.8 Å². The number of nitrogens with zero attached hydrogens (tertiary/aromatic N) is 2. The van der Waals surface area contributed by atoms with E-state index in [4.69, 9.17) is 0 Å². The molecule has 3 rings (SSSR count). The first-order valence-corrected chi connectivity index (χ1v) is 10.7. The Labute approximate surface area is 166 Å². The SMILES string of the molecule is C[C@H](NC(=O)Nc1ccc(S(=O)(=O)N2CCN(C)CC2)cc1)c1ccccc1. The molecular formula is C20H26N4O3S. The first-order chi connectivity index (χ1) is 13.4. The molecule has 28 heavy (non-hydrogen) atoms. The van der Waals surface area contributed by atoms with Crippen molar-refractivity contribution in [1.82, 2.24) is 14.5 Å². The molecule has 1 aliphatic heterocycles. The summed E-state index contributed by atoms with van der Waals surface area (Å²) in [5.41, 5.74) is 1.54. The van der Waals surface area contributed by atoms with E-state index in [0.29, 0.717) is 18.8 Å². The van der Waals surface area contributed by atoms with Crippen LogP contribution < -0.4 is 10.6 Å². The number of urea groups is 1. The maximum Gasteiger partial charge on any atom is 0.319 e. The molecule has 7 nitrogen and oxygen atoms in total. The second-order valence-corrected chi connectivity index (χ2v) is 8.90. The quantitative estimate of drug-likeness (QED) is 0.805. The molecule has 0 spiro atoms. The second-order valence-electron chi connectivity index (χ2n) is 6.96. The van der Waals surface area contributed by atoms with Crippen molar-refractivity contribution in [3.8, 4) is 0 Å². The summed E-state index contributed by atoms with van der Waals surface area (Å²) in [6.07, 6.45) is 0. The number of sulfonamides is 1. The Kier molecular flexibility index (Phi) is 6.33. The van der Waals surface area contributed by atoms with Crippen LogP contribution in [0.1, 0.15) is 18.5 Å². The molecule has 1 aliphatic rings. The number of likely N-dealkylation sites (N-methyl/N-ethyl adjacent to an activating group) is 1. The van der Waals surface area contributed by atoms with Gasteiger partial charge in [0.15, 0.2) is 0 Å². The highest BCUT2D eigenvalue weighted by atomic mass is 32.2. The number of hydrogen-bond acceptors (Lipinski definition) is 4. The van der Waals surface area contributed by atoms with E-state index in [1.165, 1.54) is 16.4 Å². The number of piperazine rings is 1. The van der Waals surface area contributed by atoms with E-state index < -0.39 is 10.0 Å². The lowest BCUT2D eigenvalue weighted by atomic mass is 10.1. The summed E-state index contributed by atoms with van der Waals surface area (Å²) in [5, 5.41) is 5.61. The maximum absolute atomic E-state index is 12.7. The Morgan fingerprint density at radius 3 is 2.18 bits per heavy atom. The van der Waals surface area contributed by atoms with Gasteiger partial charge >= 0.3 is 6.03 Å². The zero-order chi connectivity index (χ0) is 20.1. The zero-order valence-corrected chi connectivity index (χ0v) is 16.9. The Balaban J connectivity index is 1.60. The first-order valence-electron chi connectivity index (χ1n) is 9.27. The van der Waals surface area contributed by atoms with Gasteiger partial charge in [0.2, 0.25) is 10.0 Å². The number of carbonyl (C=O) groups is 1. The second kappa shape index (κ2) is 8.72. The molecule has 0 bridgehead atoms. The van der Waals surface area contributed by atoms with Gasteiger partial charge in [0.25, 0.3) is 0 Å². The number of amides is 2. The van der Waals surface area contributed by atoms with Crippen molar-refractivity contribution in [2.45, 2.75) is 17.9 Å². The normalized spacial score (nSPS) is 17.1. The van der Waals surface area contributed by atoms with Crippen molar-refractivity contribution in [1.29, 1.82) is 0 Å². The summed E-state index contributed by atoms with van der Waals surface area (Å²) in [5.74, 6) is 0. The van der Waals surface area contributed by atoms with Gasteiger partial charge in [-0.1, -0.05) is 30.3 Å². The average molecular weight is 403 g/mol. The minimum atomic E-state index is -3.51. The van der Waals surface area contributed by atoms with E-state index in [1.54, 1.807) is 12.1 Å². The van der Waals surface area contributed by atoms with Crippen LogP contribution in [0.25, 0.3) is 0 Å². The topological polar surface area (TPSA) is 81.8 Å². The highest BCUT2D eigenvalue weighted by molar-refractivity contribution is 7.89. The Bertz CT molecular complexity index is 893. The molecule has 150 valence electrons. The molecule has 0 radical (unpaired) electrons. The van der Waals surface area contributed by atoms with E-state index in [2.05, 4.69) is 15.5 Å². The lowest BCUT2D eigenvalue weighted by Gasteiger charge is -2.31. The van der Waals surface area contributed by atoms with Crippen molar-refractivity contribution < 1.29 is 13.2 Å². The van der Waals surface area contributed by atoms with Gasteiger partial charge in [0, 0.05) is 31.9 Å². The van der Waals surface area contributed by atoms with E-state index in [0.717, 1.165) is 18.7 Å². The van der Waals surface area contributed by atoms with Crippen LogP contribution >= 0.6 is 0 Å². The van der Waals surface area contributed by atoms with Crippen molar-refractivity contribution in [3.05, 3.63) is 60.2 Å². The van der Waals surface area contributed by atoms with E-state index in [-0.39, 0.29) is 17.0 Å². The highest BCUT2D eigenvalue weighted by Gasteiger charge is 2.27. The molecule has 1 atom stereocenters. The van der Waals surface area contributed by atoms with Crippen LogP contribution in [0, 0.1) is 0 Å². The van der Waals surface area contributed by atoms with E-state index >= 15 is 0 Å². The third-order valence-corrected chi connectivity index (χ3v) is 6.77. The fourth-order valence-corrected chi connectivity index (χ4v) is 4.50. The van der Waals surface area contributed by atoms with Crippen LogP contribution in [-0.2, 0) is 10.0 Å². The molecule has 1 saturated heterocycles. The monoisotopic (exact) mass is 402 g/mol. The minimum Gasteiger partial charge on any atom is -0.331 e. The predicted octanol–water partition coefficient (Wildman–Crippen LogP) is 2.51. The third kappa shape index (κ3) is 4.89. The van der Waals surface area contributed by atoms with E-state index in [1.807, 2.05) is 44.3 Å². The molecule has 1 fully saturated rings. The number of anilines is 1. The van der Waals surface area contributed by atoms with Gasteiger partial charge in [0.05, 0.1) is 10.9 Å². The summed E-state index contributed by atoms with van der Waals surface area (Å²) < 4.78 is 27.0. The number of rotatable bonds is 5. The molecule has 2 aromatic rings. The van der Waals surface area contributed by atoms with Crippen LogP contribution in [0.2, 0.25) is 0 Å². The molecule has 1 heterocycles. The molecule has 0 aliphatic carbocycles. The molecule has 2 aromatic carbocycles. The van der Waals surface area contributed by atoms with Crippen LogP contribution in [0.15, 0.2) is 59.5 Å². The molecule has 2 amide bonds. The summed E-state index contributed by atoms with van der Waals surface area (Å²) in [6.45, 7) is 4.31. The summed E-state index contributed by atoms with van der Waals surface area (Å²) in [4.78, 5) is 14.5. The molecule has 0 unspecified atom stereocenters. The summed E-state index contributed by atoms with van der Waals surface area (Å²) in [6, 6.07) is 15.5. The van der Waals surface area contributed by atoms with Crippen molar-refractivity contribution in [2.75, 3.05) is 38.5 Å². The van der Waals surface area contributed by atoms with E-state index in [9.17, 15) is 13.2 Å². The zero-order valence-electron chi connectivity index (χ0n) is 16.1. The van der Waals surface area contributed by atoms with Gasteiger partial charge in [-0.3, -0.25) is 0 Å². The number of benzene rings is 2. The van der Waals surface area contributed by atoms with Crippen LogP contribution in [0.5, 0.6) is 0 Å². The first kappa shape index (κ1) is 20.3. The fraction of sp³-hybridized carbons (Fsp3) is 0.350. The number of nitrogens with one attached hydrogen (secondary N) is 2. The largest absolute Gasteiger partial charge is 0.331 e. The van der Waals surface area contributed by atoms with Crippen molar-refractivity contribution in [3.63, 3.8) is 0 Å². The molecular weight excluding hydrogens is 376 g/mol. The molecule has 0 saturated carbocycles. The van der Waals surface area contributed by atoms with Crippen molar-refractivity contribution >= 4 is 21.7 Å². The maximum atomic E-state index is 12.7. The Morgan fingerprint density at radius 1 is 0.964 bits per heavy atom. The predicted molar refractivity (Wildman–Crippen MR) is 110 cm³/mol. The lowest BCUT2D eigenvalue weighted by Crippen LogP contribution is -2.46. The smallest absolute Gasteiger partial charge is 0.319 e. The number of hydrogen-bond donors (Lipinski definition) is 2. The lowest BCUT2D eigenvalue weighted by molar-refractivity contribution is 0.222. The van der Waals surface area contributed by atoms with Crippen LogP contribution in [0.3, 0.4) is 0 Å². The molecule has 2 N–H and O–H groups in total. The van der Waals surface area contributed by atoms with Gasteiger partial charge in [-0.15, -0.1) is 0 Å². The third-order valence-electron chi connectivity index (χ3n) is 4.86. The molecule has 0 aromatic heterocycles. The standard InChI is InChI=1S/C20H26N4O3S/c1-16(17-6-4-3-5-7-17)21-20(25)22-18-8-10-19(11-9-18)28(26,27)24-14-12-23(2)13-15-24/h3-11,16H,12-15H2,1-2H3,(H2,21,22,25)/t16-/m0/s1. The van der Waals surface area contributed by atoms with Crippen LogP contribution in [0.4, 0.5) is 10.5 Å². The summed E-state index contributed by atoms with van der Waals surface area (Å²) >= 11 is 0. The Hall–Kier alpha value is -2.42. The van der Waals surface area contributed by atoms with Crippen LogP contribution in [-0.4, -0.2) is 56.9 Å². The highest BCUT2D eigenvalue weighted by Crippen LogP contribution is 2.20.